The van der Waals surface area contributed by atoms with Gasteiger partial charge in [-0.15, -0.1) is 0 Å². The molecule has 2 aromatic rings. The van der Waals surface area contributed by atoms with E-state index in [4.69, 9.17) is 4.74 Å². The molecule has 0 amide bonds. The van der Waals surface area contributed by atoms with Crippen molar-refractivity contribution < 1.29 is 4.74 Å². The number of hydrogen-bond donors (Lipinski definition) is 1. The van der Waals surface area contributed by atoms with Crippen LogP contribution in [0.1, 0.15) is 33.9 Å². The quantitative estimate of drug-likeness (QED) is 0.912. The summed E-state index contributed by atoms with van der Waals surface area (Å²) in [7, 11) is 2.02. The van der Waals surface area contributed by atoms with Crippen LogP contribution in [0, 0.1) is 6.92 Å². The second-order valence-corrected chi connectivity index (χ2v) is 5.50. The molecular weight excluding hydrogens is 242 g/mol. The van der Waals surface area contributed by atoms with Gasteiger partial charge in [0.25, 0.3) is 0 Å². The van der Waals surface area contributed by atoms with Crippen molar-refractivity contribution in [1.82, 2.24) is 5.32 Å². The number of thiophene rings is 1. The summed E-state index contributed by atoms with van der Waals surface area (Å²) < 4.78 is 5.48. The molecule has 1 aliphatic heterocycles. The second-order valence-electron chi connectivity index (χ2n) is 4.75. The molecule has 1 aliphatic rings. The maximum absolute atomic E-state index is 5.48. The Morgan fingerprint density at radius 2 is 2.06 bits per heavy atom. The van der Waals surface area contributed by atoms with Crippen molar-refractivity contribution in [2.75, 3.05) is 7.05 Å². The minimum absolute atomic E-state index is 0.280. The Bertz CT molecular complexity index is 561. The fourth-order valence-corrected chi connectivity index (χ4v) is 3.42. The lowest BCUT2D eigenvalue weighted by Crippen LogP contribution is -2.18. The van der Waals surface area contributed by atoms with E-state index in [9.17, 15) is 0 Å². The van der Waals surface area contributed by atoms with Crippen LogP contribution in [0.15, 0.2) is 29.0 Å². The van der Waals surface area contributed by atoms with E-state index >= 15 is 0 Å². The van der Waals surface area contributed by atoms with Crippen LogP contribution in [-0.4, -0.2) is 7.05 Å². The predicted octanol–water partition coefficient (Wildman–Crippen LogP) is 3.40. The average Bonchev–Trinajstić information content (AvgIpc) is 2.99. The van der Waals surface area contributed by atoms with Crippen LogP contribution in [0.25, 0.3) is 0 Å². The Kier molecular flexibility index (Phi) is 3.20. The van der Waals surface area contributed by atoms with E-state index in [0.29, 0.717) is 0 Å². The van der Waals surface area contributed by atoms with E-state index in [1.54, 1.807) is 11.3 Å². The van der Waals surface area contributed by atoms with Crippen molar-refractivity contribution in [3.05, 3.63) is 56.8 Å². The third-order valence-corrected chi connectivity index (χ3v) is 4.45. The van der Waals surface area contributed by atoms with Gasteiger partial charge < -0.3 is 10.1 Å². The molecule has 1 unspecified atom stereocenters. The lowest BCUT2D eigenvalue weighted by Gasteiger charge is -2.17. The van der Waals surface area contributed by atoms with Gasteiger partial charge in [0.1, 0.15) is 0 Å². The van der Waals surface area contributed by atoms with Crippen molar-refractivity contribution in [3.8, 4) is 0 Å². The molecule has 1 N–H and O–H groups in total. The first-order chi connectivity index (χ1) is 8.79. The minimum Gasteiger partial charge on any atom is -0.372 e. The Morgan fingerprint density at radius 3 is 2.78 bits per heavy atom. The zero-order valence-corrected chi connectivity index (χ0v) is 11.5. The molecule has 1 atom stereocenters. The largest absolute Gasteiger partial charge is 0.372 e. The third-order valence-electron chi connectivity index (χ3n) is 3.57. The van der Waals surface area contributed by atoms with E-state index < -0.39 is 0 Å². The van der Waals surface area contributed by atoms with Gasteiger partial charge in [0.15, 0.2) is 0 Å². The summed E-state index contributed by atoms with van der Waals surface area (Å²) >= 11 is 1.77. The SMILES string of the molecule is CNC(c1ccc2c(c1)COC2)c1cscc1C. The first-order valence-corrected chi connectivity index (χ1v) is 7.13. The molecule has 0 saturated heterocycles. The Morgan fingerprint density at radius 1 is 1.22 bits per heavy atom. The number of nitrogens with one attached hydrogen (secondary N) is 1. The number of benzene rings is 1. The molecule has 0 fully saturated rings. The second kappa shape index (κ2) is 4.84. The molecule has 0 spiro atoms. The molecule has 3 rings (SSSR count). The van der Waals surface area contributed by atoms with Gasteiger partial charge in [0, 0.05) is 0 Å². The summed E-state index contributed by atoms with van der Waals surface area (Å²) in [6.45, 7) is 3.69. The van der Waals surface area contributed by atoms with E-state index in [1.165, 1.54) is 27.8 Å². The number of rotatable bonds is 3. The molecule has 2 nitrogen and oxygen atoms in total. The van der Waals surface area contributed by atoms with E-state index in [2.05, 4.69) is 41.2 Å². The fourth-order valence-electron chi connectivity index (χ4n) is 2.54. The van der Waals surface area contributed by atoms with Crippen molar-refractivity contribution in [1.29, 1.82) is 0 Å². The van der Waals surface area contributed by atoms with Gasteiger partial charge in [-0.3, -0.25) is 0 Å². The monoisotopic (exact) mass is 259 g/mol. The van der Waals surface area contributed by atoms with Crippen molar-refractivity contribution in [3.63, 3.8) is 0 Å². The Balaban J connectivity index is 2.00. The molecular formula is C15H17NOS. The van der Waals surface area contributed by atoms with Crippen LogP contribution >= 0.6 is 11.3 Å². The van der Waals surface area contributed by atoms with Crippen LogP contribution in [0.3, 0.4) is 0 Å². The van der Waals surface area contributed by atoms with Crippen LogP contribution < -0.4 is 5.32 Å². The van der Waals surface area contributed by atoms with Crippen molar-refractivity contribution >= 4 is 11.3 Å². The van der Waals surface area contributed by atoms with E-state index in [1.807, 2.05) is 7.05 Å². The van der Waals surface area contributed by atoms with Crippen molar-refractivity contribution in [2.24, 2.45) is 0 Å². The van der Waals surface area contributed by atoms with Gasteiger partial charge in [-0.1, -0.05) is 18.2 Å². The highest BCUT2D eigenvalue weighted by molar-refractivity contribution is 7.08. The van der Waals surface area contributed by atoms with Gasteiger partial charge in [-0.05, 0) is 52.5 Å². The highest BCUT2D eigenvalue weighted by atomic mass is 32.1. The lowest BCUT2D eigenvalue weighted by molar-refractivity contribution is 0.134. The Labute approximate surface area is 112 Å². The fraction of sp³-hybridized carbons (Fsp3) is 0.333. The molecule has 0 saturated carbocycles. The molecule has 18 heavy (non-hydrogen) atoms. The molecule has 1 aromatic carbocycles. The molecule has 94 valence electrons. The highest BCUT2D eigenvalue weighted by Gasteiger charge is 2.18. The van der Waals surface area contributed by atoms with Gasteiger partial charge >= 0.3 is 0 Å². The number of fused-ring (bicyclic) bond motifs is 1. The minimum atomic E-state index is 0.280. The smallest absolute Gasteiger partial charge is 0.0725 e. The zero-order valence-electron chi connectivity index (χ0n) is 10.7. The highest BCUT2D eigenvalue weighted by Crippen LogP contribution is 2.30. The van der Waals surface area contributed by atoms with E-state index in [-0.39, 0.29) is 6.04 Å². The first kappa shape index (κ1) is 11.9. The maximum Gasteiger partial charge on any atom is 0.0725 e. The summed E-state index contributed by atoms with van der Waals surface area (Å²) in [6.07, 6.45) is 0. The average molecular weight is 259 g/mol. The van der Waals surface area contributed by atoms with Crippen LogP contribution in [-0.2, 0) is 18.0 Å². The normalized spacial score (nSPS) is 15.7. The maximum atomic E-state index is 5.48. The molecule has 0 radical (unpaired) electrons. The molecule has 1 aromatic heterocycles. The van der Waals surface area contributed by atoms with Gasteiger partial charge in [0.05, 0.1) is 19.3 Å². The Hall–Kier alpha value is -1.16. The van der Waals surface area contributed by atoms with Crippen molar-refractivity contribution in [2.45, 2.75) is 26.2 Å². The zero-order chi connectivity index (χ0) is 12.5. The van der Waals surface area contributed by atoms with E-state index in [0.717, 1.165) is 13.2 Å². The van der Waals surface area contributed by atoms with Crippen LogP contribution in [0.4, 0.5) is 0 Å². The molecule has 0 aliphatic carbocycles. The summed E-state index contributed by atoms with van der Waals surface area (Å²) in [5.74, 6) is 0. The number of hydrogen-bond acceptors (Lipinski definition) is 3. The van der Waals surface area contributed by atoms with Gasteiger partial charge in [0.2, 0.25) is 0 Å². The third kappa shape index (κ3) is 1.99. The summed E-state index contributed by atoms with van der Waals surface area (Å²) in [5.41, 5.74) is 6.72. The van der Waals surface area contributed by atoms with Gasteiger partial charge in [-0.25, -0.2) is 0 Å². The molecule has 2 heterocycles. The predicted molar refractivity (Wildman–Crippen MR) is 74.9 cm³/mol. The summed E-state index contributed by atoms with van der Waals surface area (Å²) in [4.78, 5) is 0. The summed E-state index contributed by atoms with van der Waals surface area (Å²) in [6, 6.07) is 6.97. The summed E-state index contributed by atoms with van der Waals surface area (Å²) in [5, 5.41) is 7.86. The lowest BCUT2D eigenvalue weighted by atomic mass is 9.95. The van der Waals surface area contributed by atoms with Gasteiger partial charge in [-0.2, -0.15) is 11.3 Å². The molecule has 0 bridgehead atoms. The number of ether oxygens (including phenoxy) is 1. The van der Waals surface area contributed by atoms with Crippen LogP contribution in [0.5, 0.6) is 0 Å². The number of aryl methyl sites for hydroxylation is 1. The standard InChI is InChI=1S/C15H17NOS/c1-10-8-18-9-14(10)15(16-2)11-3-4-12-6-17-7-13(12)5-11/h3-5,8-9,15-16H,6-7H2,1-2H3. The van der Waals surface area contributed by atoms with Crippen LogP contribution in [0.2, 0.25) is 0 Å². The first-order valence-electron chi connectivity index (χ1n) is 6.19. The topological polar surface area (TPSA) is 21.3 Å². The molecule has 3 heteroatoms.